The van der Waals surface area contributed by atoms with Crippen molar-refractivity contribution in [2.75, 3.05) is 6.61 Å². The van der Waals surface area contributed by atoms with Gasteiger partial charge in [0.1, 0.15) is 6.10 Å². The maximum atomic E-state index is 14.0. The van der Waals surface area contributed by atoms with Gasteiger partial charge in [0.05, 0.1) is 12.5 Å². The largest absolute Gasteiger partial charge is 0.461 e. The number of fused-ring (bicyclic) bond motifs is 2. The van der Waals surface area contributed by atoms with Gasteiger partial charge in [-0.3, -0.25) is 14.4 Å². The lowest BCUT2D eigenvalue weighted by atomic mass is 9.81. The molecule has 190 valence electrons. The summed E-state index contributed by atoms with van der Waals surface area (Å²) in [5, 5.41) is 10.2. The molecule has 0 bridgehead atoms. The number of hydrogen-bond donors (Lipinski definition) is 1. The molecule has 0 aromatic rings. The third-order valence-electron chi connectivity index (χ3n) is 8.36. The van der Waals surface area contributed by atoms with E-state index in [1.807, 2.05) is 19.1 Å². The predicted molar refractivity (Wildman–Crippen MR) is 130 cm³/mol. The number of allylic oxidation sites excluding steroid dienone is 1. The van der Waals surface area contributed by atoms with Gasteiger partial charge in [-0.15, -0.1) is 0 Å². The van der Waals surface area contributed by atoms with Gasteiger partial charge in [0, 0.05) is 19.8 Å². The number of hydrogen-bond acceptors (Lipinski definition) is 6. The molecule has 0 heterocycles. The van der Waals surface area contributed by atoms with Gasteiger partial charge in [-0.2, -0.15) is 0 Å². The van der Waals surface area contributed by atoms with Gasteiger partial charge in [-0.25, -0.2) is 0 Å². The number of ether oxygens (including phenoxy) is 2. The van der Waals surface area contributed by atoms with Gasteiger partial charge < -0.3 is 14.6 Å². The summed E-state index contributed by atoms with van der Waals surface area (Å²) in [4.78, 5) is 39.0. The SMILES string of the molecule is CCCCCC(=O)OC1C(C)CC2(OC(C)=O)C(=O)C(C)=CC3C(CCC(CO)=CC12)C3(C)C. The van der Waals surface area contributed by atoms with Crippen LogP contribution in [0.3, 0.4) is 0 Å². The van der Waals surface area contributed by atoms with E-state index in [2.05, 4.69) is 20.8 Å². The molecule has 0 aromatic carbocycles. The fraction of sp³-hybridized carbons (Fsp3) is 0.750. The number of aliphatic hydroxyl groups excluding tert-OH is 1. The molecule has 2 fully saturated rings. The number of ketones is 1. The molecule has 0 spiro atoms. The van der Waals surface area contributed by atoms with E-state index in [1.54, 1.807) is 6.92 Å². The number of Topliss-reactive ketones (excluding diaryl/α,β-unsaturated/α-hetero) is 1. The number of carbonyl (C=O) groups excluding carboxylic acids is 3. The highest BCUT2D eigenvalue weighted by Crippen LogP contribution is 2.62. The van der Waals surface area contributed by atoms with Crippen molar-refractivity contribution in [2.45, 2.75) is 98.2 Å². The zero-order valence-electron chi connectivity index (χ0n) is 21.7. The Bertz CT molecular complexity index is 868. The molecule has 6 atom stereocenters. The maximum absolute atomic E-state index is 14.0. The Morgan fingerprint density at radius 1 is 1.18 bits per heavy atom. The van der Waals surface area contributed by atoms with Crippen LogP contribution in [0.2, 0.25) is 0 Å². The molecular weight excluding hydrogens is 432 g/mol. The number of esters is 2. The zero-order valence-corrected chi connectivity index (χ0v) is 21.7. The van der Waals surface area contributed by atoms with E-state index in [0.717, 1.165) is 31.3 Å². The topological polar surface area (TPSA) is 89.9 Å². The van der Waals surface area contributed by atoms with E-state index in [4.69, 9.17) is 9.47 Å². The molecule has 2 saturated carbocycles. The van der Waals surface area contributed by atoms with E-state index in [1.165, 1.54) is 6.92 Å². The Labute approximate surface area is 204 Å². The van der Waals surface area contributed by atoms with Gasteiger partial charge in [-0.1, -0.05) is 52.7 Å². The highest BCUT2D eigenvalue weighted by molar-refractivity contribution is 6.03. The molecule has 3 rings (SSSR count). The Morgan fingerprint density at radius 2 is 1.88 bits per heavy atom. The monoisotopic (exact) mass is 474 g/mol. The van der Waals surface area contributed by atoms with Crippen LogP contribution < -0.4 is 0 Å². The lowest BCUT2D eigenvalue weighted by Crippen LogP contribution is -2.48. The summed E-state index contributed by atoms with van der Waals surface area (Å²) in [6.45, 7) is 11.4. The van der Waals surface area contributed by atoms with Crippen molar-refractivity contribution in [3.63, 3.8) is 0 Å². The van der Waals surface area contributed by atoms with Crippen LogP contribution in [0, 0.1) is 29.1 Å². The molecule has 1 N–H and O–H groups in total. The van der Waals surface area contributed by atoms with Gasteiger partial charge in [-0.05, 0) is 60.5 Å². The van der Waals surface area contributed by atoms with Crippen LogP contribution in [-0.2, 0) is 23.9 Å². The Morgan fingerprint density at radius 3 is 2.50 bits per heavy atom. The highest BCUT2D eigenvalue weighted by Gasteiger charge is 2.61. The quantitative estimate of drug-likeness (QED) is 0.319. The summed E-state index contributed by atoms with van der Waals surface area (Å²) in [6.07, 6.45) is 8.25. The van der Waals surface area contributed by atoms with E-state index in [-0.39, 0.29) is 42.0 Å². The molecule has 0 aromatic heterocycles. The summed E-state index contributed by atoms with van der Waals surface area (Å²) in [5.74, 6) is -1.16. The molecular formula is C28H42O6. The lowest BCUT2D eigenvalue weighted by molar-refractivity contribution is -0.170. The average molecular weight is 475 g/mol. The molecule has 3 aliphatic rings. The van der Waals surface area contributed by atoms with Crippen molar-refractivity contribution in [1.29, 1.82) is 0 Å². The standard InChI is InChI=1S/C28H42O6/c1-7-8-9-10-24(31)33-25-18(3)15-28(34-19(4)30)23(25)14-20(16-29)11-12-21-22(27(21,5)6)13-17(2)26(28)32/h13-14,18,21-23,25,29H,7-12,15-16H2,1-6H3. The number of rotatable bonds is 7. The smallest absolute Gasteiger partial charge is 0.306 e. The van der Waals surface area contributed by atoms with Gasteiger partial charge in [0.2, 0.25) is 5.78 Å². The minimum atomic E-state index is -1.44. The van der Waals surface area contributed by atoms with E-state index in [0.29, 0.717) is 24.3 Å². The molecule has 6 heteroatoms. The molecule has 3 aliphatic carbocycles. The molecule has 0 amide bonds. The third-order valence-corrected chi connectivity index (χ3v) is 8.36. The Hall–Kier alpha value is -1.95. The van der Waals surface area contributed by atoms with Crippen molar-refractivity contribution in [2.24, 2.45) is 29.1 Å². The van der Waals surface area contributed by atoms with Crippen LogP contribution in [0.5, 0.6) is 0 Å². The first-order valence-corrected chi connectivity index (χ1v) is 12.9. The summed E-state index contributed by atoms with van der Waals surface area (Å²) in [5.41, 5.74) is 0.0418. The third kappa shape index (κ3) is 5.17. The maximum Gasteiger partial charge on any atom is 0.306 e. The van der Waals surface area contributed by atoms with Crippen LogP contribution in [0.25, 0.3) is 0 Å². The first-order valence-electron chi connectivity index (χ1n) is 12.9. The van der Waals surface area contributed by atoms with Crippen LogP contribution in [0.1, 0.15) is 86.5 Å². The van der Waals surface area contributed by atoms with E-state index in [9.17, 15) is 19.5 Å². The highest BCUT2D eigenvalue weighted by atomic mass is 16.6. The van der Waals surface area contributed by atoms with Gasteiger partial charge in [0.25, 0.3) is 0 Å². The van der Waals surface area contributed by atoms with Crippen molar-refractivity contribution < 1.29 is 29.0 Å². The fourth-order valence-corrected chi connectivity index (χ4v) is 6.31. The molecule has 0 saturated heterocycles. The average Bonchev–Trinajstić information content (AvgIpc) is 3.17. The van der Waals surface area contributed by atoms with Crippen molar-refractivity contribution >= 4 is 17.7 Å². The van der Waals surface area contributed by atoms with E-state index < -0.39 is 23.6 Å². The van der Waals surface area contributed by atoms with Crippen LogP contribution in [-0.4, -0.2) is 41.1 Å². The molecule has 0 radical (unpaired) electrons. The van der Waals surface area contributed by atoms with Crippen LogP contribution in [0.4, 0.5) is 0 Å². The van der Waals surface area contributed by atoms with Crippen LogP contribution in [0.15, 0.2) is 23.3 Å². The Balaban J connectivity index is 2.04. The second-order valence-corrected chi connectivity index (χ2v) is 11.3. The predicted octanol–water partition coefficient (Wildman–Crippen LogP) is 4.94. The second-order valence-electron chi connectivity index (χ2n) is 11.3. The lowest BCUT2D eigenvalue weighted by Gasteiger charge is -2.34. The number of carbonyl (C=O) groups is 3. The second kappa shape index (κ2) is 10.3. The van der Waals surface area contributed by atoms with Gasteiger partial charge in [0.15, 0.2) is 5.60 Å². The first kappa shape index (κ1) is 26.7. The molecule has 34 heavy (non-hydrogen) atoms. The molecule has 6 unspecified atom stereocenters. The normalized spacial score (nSPS) is 34.7. The summed E-state index contributed by atoms with van der Waals surface area (Å²) < 4.78 is 11.8. The minimum Gasteiger partial charge on any atom is -0.461 e. The fourth-order valence-electron chi connectivity index (χ4n) is 6.31. The number of unbranched alkanes of at least 4 members (excludes halogenated alkanes) is 2. The van der Waals surface area contributed by atoms with Crippen molar-refractivity contribution in [3.8, 4) is 0 Å². The molecule has 0 aliphatic heterocycles. The van der Waals surface area contributed by atoms with E-state index >= 15 is 0 Å². The summed E-state index contributed by atoms with van der Waals surface area (Å²) in [6, 6.07) is 0. The van der Waals surface area contributed by atoms with Crippen molar-refractivity contribution in [1.82, 2.24) is 0 Å². The summed E-state index contributed by atoms with van der Waals surface area (Å²) >= 11 is 0. The number of aliphatic hydroxyl groups is 1. The minimum absolute atomic E-state index is 0.0921. The zero-order chi connectivity index (χ0) is 25.3. The van der Waals surface area contributed by atoms with Crippen molar-refractivity contribution in [3.05, 3.63) is 23.3 Å². The molecule has 6 nitrogen and oxygen atoms in total. The Kier molecular flexibility index (Phi) is 8.11. The first-order chi connectivity index (χ1) is 16.0. The summed E-state index contributed by atoms with van der Waals surface area (Å²) in [7, 11) is 0. The van der Waals surface area contributed by atoms with Crippen LogP contribution >= 0.6 is 0 Å². The van der Waals surface area contributed by atoms with Gasteiger partial charge >= 0.3 is 11.9 Å².